The fraction of sp³-hybridized carbons (Fsp3) is 0.538. The summed E-state index contributed by atoms with van der Waals surface area (Å²) in [5.41, 5.74) is 0.642. The minimum atomic E-state index is -1.00. The highest BCUT2D eigenvalue weighted by atomic mass is 16.6. The van der Waals surface area contributed by atoms with Crippen molar-refractivity contribution >= 4 is 11.9 Å². The number of methoxy groups -OCH3 is 1. The van der Waals surface area contributed by atoms with Crippen molar-refractivity contribution in [2.24, 2.45) is 5.92 Å². The maximum Gasteiger partial charge on any atom is 0.331 e. The number of epoxide rings is 2. The predicted octanol–water partition coefficient (Wildman–Crippen LogP) is 3.92. The van der Waals surface area contributed by atoms with Crippen LogP contribution in [-0.2, 0) is 28.5 Å². The first-order chi connectivity index (χ1) is 15.7. The Morgan fingerprint density at radius 3 is 2.30 bits per heavy atom. The van der Waals surface area contributed by atoms with Crippen molar-refractivity contribution in [2.45, 2.75) is 69.5 Å². The van der Waals surface area contributed by atoms with E-state index in [9.17, 15) is 9.59 Å². The summed E-state index contributed by atoms with van der Waals surface area (Å²) in [6.45, 7) is 6.96. The van der Waals surface area contributed by atoms with Crippen molar-refractivity contribution in [3.8, 4) is 0 Å². The fourth-order valence-corrected chi connectivity index (χ4v) is 4.79. The zero-order valence-corrected chi connectivity index (χ0v) is 19.7. The average molecular weight is 459 g/mol. The van der Waals surface area contributed by atoms with Gasteiger partial charge in [-0.3, -0.25) is 0 Å². The van der Waals surface area contributed by atoms with E-state index >= 15 is 0 Å². The molecule has 0 aromatic carbocycles. The van der Waals surface area contributed by atoms with Crippen LogP contribution in [0.5, 0.6) is 0 Å². The highest BCUT2D eigenvalue weighted by Gasteiger charge is 2.72. The van der Waals surface area contributed by atoms with E-state index < -0.39 is 11.9 Å². The summed E-state index contributed by atoms with van der Waals surface area (Å²) in [4.78, 5) is 22.8. The molecule has 1 saturated carbocycles. The van der Waals surface area contributed by atoms with E-state index in [1.807, 2.05) is 0 Å². The lowest BCUT2D eigenvalue weighted by molar-refractivity contribution is -0.166. The lowest BCUT2D eigenvalue weighted by atomic mass is 9.68. The highest BCUT2D eigenvalue weighted by Crippen LogP contribution is 2.59. The average Bonchev–Trinajstić information content (AvgIpc) is 3.67. The summed E-state index contributed by atoms with van der Waals surface area (Å²) in [6, 6.07) is 0. The van der Waals surface area contributed by atoms with Crippen LogP contribution in [0.1, 0.15) is 40.0 Å². The number of esters is 1. The molecule has 0 amide bonds. The van der Waals surface area contributed by atoms with E-state index in [4.69, 9.17) is 24.1 Å². The minimum Gasteiger partial charge on any atom is -0.478 e. The third-order valence-corrected chi connectivity index (χ3v) is 6.53. The molecule has 3 aliphatic rings. The van der Waals surface area contributed by atoms with Gasteiger partial charge in [0.05, 0.1) is 18.6 Å². The summed E-state index contributed by atoms with van der Waals surface area (Å²) in [7, 11) is 1.65. The molecule has 0 bridgehead atoms. The van der Waals surface area contributed by atoms with E-state index in [0.29, 0.717) is 13.0 Å². The summed E-state index contributed by atoms with van der Waals surface area (Å²) in [5.74, 6) is -1.45. The monoisotopic (exact) mass is 458 g/mol. The molecule has 7 heteroatoms. The van der Waals surface area contributed by atoms with Crippen LogP contribution in [0.15, 0.2) is 60.3 Å². The largest absolute Gasteiger partial charge is 0.478 e. The van der Waals surface area contributed by atoms with Gasteiger partial charge < -0.3 is 24.1 Å². The first kappa shape index (κ1) is 25.1. The maximum absolute atomic E-state index is 12.4. The van der Waals surface area contributed by atoms with Crippen LogP contribution in [-0.4, -0.2) is 60.3 Å². The van der Waals surface area contributed by atoms with E-state index in [2.05, 4.69) is 26.8 Å². The number of ether oxygens (including phenoxy) is 4. The zero-order valence-electron chi connectivity index (χ0n) is 19.7. The second kappa shape index (κ2) is 10.6. The molecule has 2 saturated heterocycles. The number of rotatable bonds is 10. The maximum atomic E-state index is 12.4. The normalized spacial score (nSPS) is 35.6. The van der Waals surface area contributed by atoms with Crippen molar-refractivity contribution in [1.29, 1.82) is 0 Å². The van der Waals surface area contributed by atoms with Gasteiger partial charge in [0.15, 0.2) is 0 Å². The van der Waals surface area contributed by atoms with Crippen molar-refractivity contribution in [1.82, 2.24) is 0 Å². The van der Waals surface area contributed by atoms with Gasteiger partial charge in [0.2, 0.25) is 0 Å². The first-order valence-corrected chi connectivity index (χ1v) is 11.3. The van der Waals surface area contributed by atoms with Gasteiger partial charge in [0.25, 0.3) is 0 Å². The predicted molar refractivity (Wildman–Crippen MR) is 124 cm³/mol. The van der Waals surface area contributed by atoms with Gasteiger partial charge in [0, 0.05) is 19.3 Å². The number of allylic oxidation sites excluding steroid dienone is 7. The molecule has 0 radical (unpaired) electrons. The van der Waals surface area contributed by atoms with E-state index in [1.54, 1.807) is 37.5 Å². The van der Waals surface area contributed by atoms with Gasteiger partial charge in [-0.2, -0.15) is 0 Å². The summed E-state index contributed by atoms with van der Waals surface area (Å²) >= 11 is 0. The summed E-state index contributed by atoms with van der Waals surface area (Å²) in [5, 5.41) is 8.51. The molecule has 3 fully saturated rings. The summed E-state index contributed by atoms with van der Waals surface area (Å²) < 4.78 is 23.8. The highest BCUT2D eigenvalue weighted by molar-refractivity contribution is 5.82. The number of carbonyl (C=O) groups excluding carboxylic acids is 1. The van der Waals surface area contributed by atoms with Crippen LogP contribution in [0.4, 0.5) is 0 Å². The minimum absolute atomic E-state index is 0.00928. The number of carboxylic acid groups (broad SMARTS) is 1. The Balaban J connectivity index is 1.59. The van der Waals surface area contributed by atoms with Crippen LogP contribution in [0.25, 0.3) is 0 Å². The van der Waals surface area contributed by atoms with Gasteiger partial charge in [-0.15, -0.1) is 0 Å². The molecule has 180 valence electrons. The summed E-state index contributed by atoms with van der Waals surface area (Å²) in [6.07, 6.45) is 16.0. The van der Waals surface area contributed by atoms with Crippen molar-refractivity contribution in [3.05, 3.63) is 60.3 Å². The number of aliphatic carboxylic acids is 1. The Hall–Kier alpha value is -2.48. The van der Waals surface area contributed by atoms with Crippen molar-refractivity contribution in [2.75, 3.05) is 13.7 Å². The molecule has 0 aromatic rings. The molecule has 2 heterocycles. The van der Waals surface area contributed by atoms with Gasteiger partial charge in [-0.05, 0) is 40.0 Å². The molecular formula is C26H34O7. The van der Waals surface area contributed by atoms with Crippen LogP contribution >= 0.6 is 0 Å². The third kappa shape index (κ3) is 6.31. The Kier molecular flexibility index (Phi) is 8.10. The van der Waals surface area contributed by atoms with Crippen LogP contribution < -0.4 is 0 Å². The molecule has 0 aromatic heterocycles. The molecule has 33 heavy (non-hydrogen) atoms. The molecule has 1 N–H and O–H groups in total. The Morgan fingerprint density at radius 2 is 1.73 bits per heavy atom. The number of carbonyl (C=O) groups is 2. The molecule has 1 aliphatic carbocycles. The van der Waals surface area contributed by atoms with Crippen molar-refractivity contribution in [3.63, 3.8) is 0 Å². The molecule has 7 nitrogen and oxygen atoms in total. The smallest absolute Gasteiger partial charge is 0.331 e. The molecular weight excluding hydrogens is 424 g/mol. The van der Waals surface area contributed by atoms with Gasteiger partial charge in [-0.1, -0.05) is 48.1 Å². The van der Waals surface area contributed by atoms with E-state index in [0.717, 1.165) is 18.9 Å². The molecule has 6 atom stereocenters. The number of hydrogen-bond donors (Lipinski definition) is 1. The van der Waals surface area contributed by atoms with E-state index in [-0.39, 0.29) is 35.4 Å². The van der Waals surface area contributed by atoms with Crippen LogP contribution in [0, 0.1) is 5.92 Å². The SMILES string of the molecule is CO[C@@H]1C(OC(=O)/C=C/C=C/C=C/C=C/C(=O)O)CC[C@]2(CO2)C1C1(C)O[C@@H]1CC=C(C)C. The molecule has 1 spiro atoms. The molecule has 3 rings (SSSR count). The quantitative estimate of drug-likeness (QED) is 0.174. The topological polar surface area (TPSA) is 97.9 Å². The third-order valence-electron chi connectivity index (χ3n) is 6.53. The van der Waals surface area contributed by atoms with Crippen LogP contribution in [0.2, 0.25) is 0 Å². The second-order valence-electron chi connectivity index (χ2n) is 9.18. The Bertz CT molecular complexity index is 873. The van der Waals surface area contributed by atoms with Crippen LogP contribution in [0.3, 0.4) is 0 Å². The van der Waals surface area contributed by atoms with Gasteiger partial charge in [-0.25, -0.2) is 9.59 Å². The lowest BCUT2D eigenvalue weighted by Crippen LogP contribution is -2.55. The van der Waals surface area contributed by atoms with Crippen molar-refractivity contribution < 1.29 is 33.6 Å². The van der Waals surface area contributed by atoms with E-state index in [1.165, 1.54) is 17.7 Å². The Morgan fingerprint density at radius 1 is 1.09 bits per heavy atom. The Labute approximate surface area is 195 Å². The number of hydrogen-bond acceptors (Lipinski definition) is 6. The van der Waals surface area contributed by atoms with Gasteiger partial charge >= 0.3 is 11.9 Å². The lowest BCUT2D eigenvalue weighted by Gasteiger charge is -2.42. The standard InChI is InChI=1S/C26H34O7/c1-18(2)13-14-20-25(3,33-20)24-23(30-4)19(15-16-26(24)17-31-26)32-22(29)12-10-8-6-5-7-9-11-21(27)28/h5-13,19-20,23-24H,14-17H2,1-4H3,(H,27,28)/b7-5+,8-6+,11-9+,12-10+/t19?,20-,23-,24?,25?,26+/m1/s1. The molecule has 2 aliphatic heterocycles. The zero-order chi connectivity index (χ0) is 24.1. The molecule has 3 unspecified atom stereocenters. The fourth-order valence-electron chi connectivity index (χ4n) is 4.79. The second-order valence-corrected chi connectivity index (χ2v) is 9.18. The first-order valence-electron chi connectivity index (χ1n) is 11.3. The van der Waals surface area contributed by atoms with Gasteiger partial charge in [0.1, 0.15) is 23.4 Å². The number of carboxylic acids is 1.